The molecule has 0 atom stereocenters. The van der Waals surface area contributed by atoms with Crippen LogP contribution in [0.2, 0.25) is 0 Å². The monoisotopic (exact) mass is 491 g/mol. The number of thiazole rings is 1. The van der Waals surface area contributed by atoms with Crippen molar-refractivity contribution in [1.29, 1.82) is 5.41 Å². The third-order valence-corrected chi connectivity index (χ3v) is 5.49. The van der Waals surface area contributed by atoms with E-state index in [9.17, 15) is 9.59 Å². The molecule has 182 valence electrons. The van der Waals surface area contributed by atoms with E-state index in [1.807, 2.05) is 43.5 Å². The first-order chi connectivity index (χ1) is 16.6. The molecule has 0 saturated carbocycles. The van der Waals surface area contributed by atoms with Crippen molar-refractivity contribution >= 4 is 39.7 Å². The molecule has 3 aromatic rings. The van der Waals surface area contributed by atoms with Crippen LogP contribution in [0.15, 0.2) is 66.2 Å². The molecule has 0 radical (unpaired) electrons. The number of hydrogen-bond acceptors (Lipinski definition) is 8. The van der Waals surface area contributed by atoms with Gasteiger partial charge in [0.05, 0.1) is 18.0 Å². The molecule has 1 heterocycles. The Balaban J connectivity index is 1.55. The number of benzene rings is 2. The van der Waals surface area contributed by atoms with Gasteiger partial charge in [0, 0.05) is 39.8 Å². The van der Waals surface area contributed by atoms with Crippen LogP contribution < -0.4 is 27.4 Å². The van der Waals surface area contributed by atoms with Crippen LogP contribution in [0, 0.1) is 5.41 Å². The molecule has 0 aliphatic rings. The Hall–Kier alpha value is -4.02. The Morgan fingerprint density at radius 2 is 1.89 bits per heavy atom. The number of nitrogens with one attached hydrogen (secondary N) is 4. The van der Waals surface area contributed by atoms with Gasteiger partial charge in [-0.1, -0.05) is 18.2 Å². The number of aromatic nitrogens is 1. The summed E-state index contributed by atoms with van der Waals surface area (Å²) in [4.78, 5) is 28.9. The minimum absolute atomic E-state index is 0.188. The standard InChI is InChI=1S/C25H29N7O2S/c1-25(2,28)15-29-11-10-20(27)17-4-3-5-18(12-17)21-14-35-24(31-21)32-22(33)13-30-23(34)16-6-8-19(26)9-7-16/h3-12,14,27,29H,13,15,26,28H2,1-2H3,(H,30,34)(H,31,32,33)/b11-10-,27-20?. The summed E-state index contributed by atoms with van der Waals surface area (Å²) in [6, 6.07) is 13.9. The highest BCUT2D eigenvalue weighted by Crippen LogP contribution is 2.25. The fourth-order valence-corrected chi connectivity index (χ4v) is 3.67. The van der Waals surface area contributed by atoms with Gasteiger partial charge in [-0.25, -0.2) is 4.98 Å². The van der Waals surface area contributed by atoms with Gasteiger partial charge in [0.15, 0.2) is 5.13 Å². The molecule has 10 heteroatoms. The van der Waals surface area contributed by atoms with Crippen LogP contribution in [0.1, 0.15) is 29.8 Å². The quantitative estimate of drug-likeness (QED) is 0.189. The third kappa shape index (κ3) is 8.05. The first kappa shape index (κ1) is 25.6. The first-order valence-corrected chi connectivity index (χ1v) is 11.8. The number of nitrogens with zero attached hydrogens (tertiary/aromatic N) is 1. The zero-order valence-corrected chi connectivity index (χ0v) is 20.4. The molecule has 0 aliphatic heterocycles. The molecule has 0 unspecified atom stereocenters. The fourth-order valence-electron chi connectivity index (χ4n) is 2.93. The second-order valence-electron chi connectivity index (χ2n) is 8.59. The minimum Gasteiger partial charge on any atom is -0.399 e. The number of rotatable bonds is 10. The van der Waals surface area contributed by atoms with Gasteiger partial charge in [0.25, 0.3) is 5.91 Å². The molecule has 9 nitrogen and oxygen atoms in total. The van der Waals surface area contributed by atoms with Gasteiger partial charge in [-0.05, 0) is 56.5 Å². The number of anilines is 2. The lowest BCUT2D eigenvalue weighted by atomic mass is 10.0. The summed E-state index contributed by atoms with van der Waals surface area (Å²) in [5.74, 6) is -0.751. The Morgan fingerprint density at radius 1 is 1.14 bits per heavy atom. The number of hydrogen-bond donors (Lipinski definition) is 6. The number of allylic oxidation sites excluding steroid dienone is 1. The topological polar surface area (TPSA) is 159 Å². The van der Waals surface area contributed by atoms with Gasteiger partial charge in [0.1, 0.15) is 0 Å². The summed E-state index contributed by atoms with van der Waals surface area (Å²) in [6.07, 6.45) is 3.39. The smallest absolute Gasteiger partial charge is 0.251 e. The van der Waals surface area contributed by atoms with E-state index in [2.05, 4.69) is 20.9 Å². The van der Waals surface area contributed by atoms with Crippen molar-refractivity contribution in [2.24, 2.45) is 5.73 Å². The molecule has 2 amide bonds. The lowest BCUT2D eigenvalue weighted by Crippen LogP contribution is -2.41. The maximum absolute atomic E-state index is 12.2. The summed E-state index contributed by atoms with van der Waals surface area (Å²) in [5.41, 5.74) is 14.8. The van der Waals surface area contributed by atoms with Crippen molar-refractivity contribution in [2.75, 3.05) is 24.1 Å². The molecule has 0 spiro atoms. The molecule has 1 aromatic heterocycles. The largest absolute Gasteiger partial charge is 0.399 e. The van der Waals surface area contributed by atoms with Crippen molar-refractivity contribution in [3.63, 3.8) is 0 Å². The molecule has 0 saturated heterocycles. The predicted octanol–water partition coefficient (Wildman–Crippen LogP) is 2.97. The average molecular weight is 492 g/mol. The van der Waals surface area contributed by atoms with Crippen LogP contribution >= 0.6 is 11.3 Å². The van der Waals surface area contributed by atoms with E-state index in [4.69, 9.17) is 16.9 Å². The van der Waals surface area contributed by atoms with Gasteiger partial charge in [-0.3, -0.25) is 9.59 Å². The minimum atomic E-state index is -0.386. The van der Waals surface area contributed by atoms with Crippen LogP contribution in [0.4, 0.5) is 10.8 Å². The van der Waals surface area contributed by atoms with Crippen molar-refractivity contribution < 1.29 is 9.59 Å². The second-order valence-corrected chi connectivity index (χ2v) is 9.45. The van der Waals surface area contributed by atoms with Crippen molar-refractivity contribution in [3.8, 4) is 11.3 Å². The molecule has 35 heavy (non-hydrogen) atoms. The average Bonchev–Trinajstić information content (AvgIpc) is 3.28. The highest BCUT2D eigenvalue weighted by atomic mass is 32.1. The van der Waals surface area contributed by atoms with Gasteiger partial charge < -0.3 is 32.8 Å². The number of carbonyl (C=O) groups excluding carboxylic acids is 2. The molecule has 0 fully saturated rings. The van der Waals surface area contributed by atoms with E-state index in [1.54, 1.807) is 36.5 Å². The zero-order chi connectivity index (χ0) is 25.4. The number of carbonyl (C=O) groups is 2. The Kier molecular flexibility index (Phi) is 8.34. The van der Waals surface area contributed by atoms with Crippen LogP contribution in [-0.2, 0) is 4.79 Å². The number of amides is 2. The lowest BCUT2D eigenvalue weighted by Gasteiger charge is -2.17. The van der Waals surface area contributed by atoms with E-state index >= 15 is 0 Å². The summed E-state index contributed by atoms with van der Waals surface area (Å²) < 4.78 is 0. The number of nitrogen functional groups attached to an aromatic ring is 1. The molecule has 3 rings (SSSR count). The van der Waals surface area contributed by atoms with Crippen LogP contribution in [0.5, 0.6) is 0 Å². The molecule has 0 bridgehead atoms. The van der Waals surface area contributed by atoms with E-state index in [0.29, 0.717) is 34.3 Å². The fraction of sp³-hybridized carbons (Fsp3) is 0.200. The molecular weight excluding hydrogens is 462 g/mol. The van der Waals surface area contributed by atoms with E-state index in [0.717, 1.165) is 11.1 Å². The van der Waals surface area contributed by atoms with Crippen molar-refractivity contribution in [3.05, 3.63) is 77.3 Å². The molecule has 2 aromatic carbocycles. The van der Waals surface area contributed by atoms with E-state index in [-0.39, 0.29) is 23.9 Å². The van der Waals surface area contributed by atoms with Crippen LogP contribution in [0.3, 0.4) is 0 Å². The van der Waals surface area contributed by atoms with Crippen LogP contribution in [-0.4, -0.2) is 41.1 Å². The summed E-state index contributed by atoms with van der Waals surface area (Å²) >= 11 is 1.28. The summed E-state index contributed by atoms with van der Waals surface area (Å²) in [5, 5.41) is 18.9. The van der Waals surface area contributed by atoms with Gasteiger partial charge in [-0.15, -0.1) is 11.3 Å². The molecule has 8 N–H and O–H groups in total. The molecule has 0 aliphatic carbocycles. The Bertz CT molecular complexity index is 1230. The van der Waals surface area contributed by atoms with Crippen molar-refractivity contribution in [2.45, 2.75) is 19.4 Å². The third-order valence-electron chi connectivity index (χ3n) is 4.73. The maximum Gasteiger partial charge on any atom is 0.251 e. The normalized spacial score (nSPS) is 11.3. The predicted molar refractivity (Wildman–Crippen MR) is 142 cm³/mol. The zero-order valence-electron chi connectivity index (χ0n) is 19.6. The lowest BCUT2D eigenvalue weighted by molar-refractivity contribution is -0.115. The summed E-state index contributed by atoms with van der Waals surface area (Å²) in [6.45, 7) is 4.25. The van der Waals surface area contributed by atoms with Gasteiger partial charge >= 0.3 is 0 Å². The summed E-state index contributed by atoms with van der Waals surface area (Å²) in [7, 11) is 0. The van der Waals surface area contributed by atoms with Gasteiger partial charge in [-0.2, -0.15) is 0 Å². The van der Waals surface area contributed by atoms with E-state index in [1.165, 1.54) is 11.3 Å². The Morgan fingerprint density at radius 3 is 2.60 bits per heavy atom. The second kappa shape index (κ2) is 11.4. The van der Waals surface area contributed by atoms with Crippen molar-refractivity contribution in [1.82, 2.24) is 15.6 Å². The van der Waals surface area contributed by atoms with Crippen LogP contribution in [0.25, 0.3) is 11.3 Å². The van der Waals surface area contributed by atoms with E-state index < -0.39 is 0 Å². The highest BCUT2D eigenvalue weighted by molar-refractivity contribution is 7.14. The first-order valence-electron chi connectivity index (χ1n) is 10.9. The molecular formula is C25H29N7O2S. The van der Waals surface area contributed by atoms with Gasteiger partial charge in [0.2, 0.25) is 5.91 Å². The number of nitrogens with two attached hydrogens (primary N) is 2. The SMILES string of the molecule is CC(C)(N)CN/C=C\C(=N)c1cccc(-c2csc(NC(=O)CNC(=O)c3ccc(N)cc3)n2)c1. The Labute approximate surface area is 208 Å². The maximum atomic E-state index is 12.2. The highest BCUT2D eigenvalue weighted by Gasteiger charge is 2.12.